The van der Waals surface area contributed by atoms with E-state index in [1.165, 1.54) is 0 Å². The van der Waals surface area contributed by atoms with Gasteiger partial charge in [-0.05, 0) is 131 Å². The summed E-state index contributed by atoms with van der Waals surface area (Å²) in [4.78, 5) is 27.0. The van der Waals surface area contributed by atoms with Crippen LogP contribution in [-0.2, 0) is 0 Å². The molecular weight excluding hydrogens is 627 g/mol. The molecule has 0 aliphatic rings. The average molecular weight is 668 g/mol. The van der Waals surface area contributed by atoms with E-state index in [4.69, 9.17) is 19.9 Å². The highest BCUT2D eigenvalue weighted by molar-refractivity contribution is 5.84. The smallest absolute Gasteiger partial charge is 0.143 e. The van der Waals surface area contributed by atoms with Crippen LogP contribution in [0.1, 0.15) is 33.8 Å². The highest BCUT2D eigenvalue weighted by atomic mass is 15.3. The first kappa shape index (κ1) is 33.2. The van der Waals surface area contributed by atoms with Crippen molar-refractivity contribution in [1.82, 2.24) is 19.9 Å². The molecule has 7 nitrogen and oxygen atoms in total. The summed E-state index contributed by atoms with van der Waals surface area (Å²) in [6.45, 7) is 12.4. The Labute approximate surface area is 300 Å². The van der Waals surface area contributed by atoms with Crippen LogP contribution < -0.4 is 14.7 Å². The Morgan fingerprint density at radius 1 is 0.294 bits per heavy atom. The van der Waals surface area contributed by atoms with Crippen molar-refractivity contribution in [2.75, 3.05) is 14.7 Å². The van der Waals surface area contributed by atoms with Crippen LogP contribution in [0.4, 0.5) is 51.8 Å². The number of benzene rings is 3. The number of nitrogens with zero attached hydrogens (tertiary/aromatic N) is 7. The fraction of sp³-hybridized carbons (Fsp3) is 0.136. The lowest BCUT2D eigenvalue weighted by molar-refractivity contribution is 1.05. The normalized spacial score (nSPS) is 10.9. The van der Waals surface area contributed by atoms with Crippen molar-refractivity contribution >= 4 is 51.8 Å². The lowest BCUT2D eigenvalue weighted by Gasteiger charge is -2.31. The maximum atomic E-state index is 5.49. The number of aryl methyl sites for hydroxylation is 6. The van der Waals surface area contributed by atoms with E-state index in [1.807, 2.05) is 63.2 Å². The number of rotatable bonds is 9. The van der Waals surface area contributed by atoms with Gasteiger partial charge in [0.15, 0.2) is 0 Å². The molecule has 0 saturated heterocycles. The molecule has 0 bridgehead atoms. The minimum absolute atomic E-state index is 0.696. The van der Waals surface area contributed by atoms with Crippen molar-refractivity contribution in [2.45, 2.75) is 41.5 Å². The van der Waals surface area contributed by atoms with Gasteiger partial charge in [0.2, 0.25) is 0 Å². The van der Waals surface area contributed by atoms with Crippen molar-refractivity contribution in [3.8, 4) is 0 Å². The number of aromatic nitrogens is 4. The standard InChI is InChI=1S/C44H41N7/c1-30-13-7-19-36(25-30)49(40-22-10-16-33(4)45-40)39-28-43(50(37-20-8-14-31(2)26-37)41-23-11-17-34(5)46-41)48-44(29-39)51(38-21-9-15-32(3)27-38)42-24-12-18-35(6)47-42/h7-29H,1-6H3. The molecule has 0 aliphatic carbocycles. The van der Waals surface area contributed by atoms with E-state index < -0.39 is 0 Å². The molecule has 4 heterocycles. The molecule has 0 radical (unpaired) electrons. The summed E-state index contributed by atoms with van der Waals surface area (Å²) >= 11 is 0. The number of hydrogen-bond donors (Lipinski definition) is 0. The molecule has 3 aromatic carbocycles. The van der Waals surface area contributed by atoms with Gasteiger partial charge in [0.05, 0.1) is 5.69 Å². The van der Waals surface area contributed by atoms with Crippen LogP contribution in [0.2, 0.25) is 0 Å². The van der Waals surface area contributed by atoms with Crippen molar-refractivity contribution in [2.24, 2.45) is 0 Å². The van der Waals surface area contributed by atoms with E-state index in [0.717, 1.165) is 74.0 Å². The monoisotopic (exact) mass is 667 g/mol. The Morgan fingerprint density at radius 3 is 0.980 bits per heavy atom. The Balaban J connectivity index is 1.57. The lowest BCUT2D eigenvalue weighted by Crippen LogP contribution is -2.20. The van der Waals surface area contributed by atoms with Crippen molar-refractivity contribution in [3.63, 3.8) is 0 Å². The maximum Gasteiger partial charge on any atom is 0.143 e. The second kappa shape index (κ2) is 14.3. The quantitative estimate of drug-likeness (QED) is 0.152. The van der Waals surface area contributed by atoms with Gasteiger partial charge in [-0.1, -0.05) is 54.6 Å². The molecule has 252 valence electrons. The van der Waals surface area contributed by atoms with E-state index in [1.54, 1.807) is 0 Å². The van der Waals surface area contributed by atoms with Crippen LogP contribution in [-0.4, -0.2) is 19.9 Å². The fourth-order valence-corrected chi connectivity index (χ4v) is 6.28. The van der Waals surface area contributed by atoms with Crippen molar-refractivity contribution in [3.05, 3.63) is 173 Å². The number of hydrogen-bond acceptors (Lipinski definition) is 7. The number of anilines is 9. The molecular formula is C44H41N7. The third-order valence-electron chi connectivity index (χ3n) is 8.59. The van der Waals surface area contributed by atoms with Crippen molar-refractivity contribution in [1.29, 1.82) is 0 Å². The van der Waals surface area contributed by atoms with Gasteiger partial charge >= 0.3 is 0 Å². The summed E-state index contributed by atoms with van der Waals surface area (Å²) in [5, 5.41) is 0. The highest BCUT2D eigenvalue weighted by Crippen LogP contribution is 2.43. The Kier molecular flexibility index (Phi) is 9.27. The molecule has 0 spiro atoms. The molecule has 7 heteroatoms. The van der Waals surface area contributed by atoms with Crippen LogP contribution in [0.3, 0.4) is 0 Å². The summed E-state index contributed by atoms with van der Waals surface area (Å²) in [5.74, 6) is 3.73. The van der Waals surface area contributed by atoms with E-state index in [9.17, 15) is 0 Å². The zero-order chi connectivity index (χ0) is 35.5. The van der Waals surface area contributed by atoms with Crippen LogP contribution in [0, 0.1) is 41.5 Å². The summed E-state index contributed by atoms with van der Waals surface area (Å²) < 4.78 is 0. The van der Waals surface area contributed by atoms with Crippen LogP contribution in [0.15, 0.2) is 140 Å². The van der Waals surface area contributed by atoms with Crippen LogP contribution >= 0.6 is 0 Å². The van der Waals surface area contributed by atoms with Gasteiger partial charge in [0, 0.05) is 46.3 Å². The topological polar surface area (TPSA) is 61.3 Å². The molecule has 0 amide bonds. The van der Waals surface area contributed by atoms with E-state index >= 15 is 0 Å². The van der Waals surface area contributed by atoms with Crippen molar-refractivity contribution < 1.29 is 0 Å². The first-order chi connectivity index (χ1) is 24.7. The first-order valence-electron chi connectivity index (χ1n) is 17.2. The zero-order valence-electron chi connectivity index (χ0n) is 29.9. The van der Waals surface area contributed by atoms with Gasteiger partial charge in [-0.25, -0.2) is 19.9 Å². The molecule has 0 unspecified atom stereocenters. The summed E-state index contributed by atoms with van der Waals surface area (Å²) in [5.41, 5.74) is 9.96. The van der Waals surface area contributed by atoms with Gasteiger partial charge in [-0.3, -0.25) is 14.7 Å². The minimum Gasteiger partial charge on any atom is -0.295 e. The molecule has 0 N–H and O–H groups in total. The molecule has 0 aliphatic heterocycles. The molecule has 4 aromatic heterocycles. The molecule has 0 atom stereocenters. The summed E-state index contributed by atoms with van der Waals surface area (Å²) in [6, 6.07) is 47.9. The molecule has 0 saturated carbocycles. The van der Waals surface area contributed by atoms with Crippen LogP contribution in [0.5, 0.6) is 0 Å². The third kappa shape index (κ3) is 7.33. The van der Waals surface area contributed by atoms with Gasteiger partial charge in [0.25, 0.3) is 0 Å². The zero-order valence-corrected chi connectivity index (χ0v) is 29.9. The predicted octanol–water partition coefficient (Wildman–Crippen LogP) is 11.5. The second-order valence-corrected chi connectivity index (χ2v) is 13.0. The fourth-order valence-electron chi connectivity index (χ4n) is 6.28. The Bertz CT molecular complexity index is 1920. The lowest BCUT2D eigenvalue weighted by atomic mass is 10.1. The highest BCUT2D eigenvalue weighted by Gasteiger charge is 2.25. The van der Waals surface area contributed by atoms with Gasteiger partial charge in [-0.15, -0.1) is 0 Å². The largest absolute Gasteiger partial charge is 0.295 e. The summed E-state index contributed by atoms with van der Waals surface area (Å²) in [6.07, 6.45) is 0. The van der Waals surface area contributed by atoms with E-state index in [2.05, 4.69) is 133 Å². The van der Waals surface area contributed by atoms with Gasteiger partial charge in [0.1, 0.15) is 29.1 Å². The van der Waals surface area contributed by atoms with Gasteiger partial charge in [-0.2, -0.15) is 0 Å². The van der Waals surface area contributed by atoms with Gasteiger partial charge < -0.3 is 0 Å². The Morgan fingerprint density at radius 2 is 0.627 bits per heavy atom. The average Bonchev–Trinajstić information content (AvgIpc) is 3.09. The maximum absolute atomic E-state index is 5.49. The van der Waals surface area contributed by atoms with E-state index in [0.29, 0.717) is 11.6 Å². The van der Waals surface area contributed by atoms with E-state index in [-0.39, 0.29) is 0 Å². The predicted molar refractivity (Wildman–Crippen MR) is 210 cm³/mol. The molecule has 0 fully saturated rings. The van der Waals surface area contributed by atoms with Crippen LogP contribution in [0.25, 0.3) is 0 Å². The molecule has 7 rings (SSSR count). The summed E-state index contributed by atoms with van der Waals surface area (Å²) in [7, 11) is 0. The first-order valence-corrected chi connectivity index (χ1v) is 17.2. The molecule has 7 aromatic rings. The molecule has 51 heavy (non-hydrogen) atoms. The number of pyridine rings is 4. The Hall–Kier alpha value is -6.34. The third-order valence-corrected chi connectivity index (χ3v) is 8.59. The second-order valence-electron chi connectivity index (χ2n) is 13.0. The SMILES string of the molecule is Cc1cccc(N(c2cc(N(c3cccc(C)c3)c3cccc(C)n3)nc(N(c3cccc(C)c3)c3cccc(C)n3)c2)c2cccc(C)n2)c1. The minimum atomic E-state index is 0.696.